The fraction of sp³-hybridized carbons (Fsp3) is 0.360. The van der Waals surface area contributed by atoms with E-state index < -0.39 is 11.7 Å². The van der Waals surface area contributed by atoms with Crippen molar-refractivity contribution in [2.45, 2.75) is 12.2 Å². The number of rotatable bonds is 6. The van der Waals surface area contributed by atoms with Crippen molar-refractivity contribution in [1.29, 1.82) is 0 Å². The van der Waals surface area contributed by atoms with Gasteiger partial charge in [0.05, 0.1) is 11.1 Å². The summed E-state index contributed by atoms with van der Waals surface area (Å²) >= 11 is 0. The summed E-state index contributed by atoms with van der Waals surface area (Å²) in [6.45, 7) is 3.65. The van der Waals surface area contributed by atoms with Gasteiger partial charge in [0, 0.05) is 38.8 Å². The van der Waals surface area contributed by atoms with Crippen molar-refractivity contribution in [3.05, 3.63) is 72.1 Å². The molecule has 180 valence electrons. The Kier molecular flexibility index (Phi) is 7.04. The van der Waals surface area contributed by atoms with Crippen molar-refractivity contribution in [2.24, 2.45) is 0 Å². The topological polar surface area (TPSA) is 61.5 Å². The molecule has 0 spiro atoms. The Morgan fingerprint density at radius 1 is 0.941 bits per heavy atom. The average Bonchev–Trinajstić information content (AvgIpc) is 2.82. The molecule has 0 saturated carbocycles. The molecule has 34 heavy (non-hydrogen) atoms. The zero-order chi connectivity index (χ0) is 24.3. The van der Waals surface area contributed by atoms with Crippen LogP contribution in [0.5, 0.6) is 0 Å². The molecule has 0 aliphatic carbocycles. The molecule has 1 aromatic heterocycles. The molecule has 2 heterocycles. The van der Waals surface area contributed by atoms with Gasteiger partial charge in [-0.3, -0.25) is 4.90 Å². The van der Waals surface area contributed by atoms with E-state index in [0.29, 0.717) is 12.4 Å². The van der Waals surface area contributed by atoms with Crippen LogP contribution < -0.4 is 10.6 Å². The van der Waals surface area contributed by atoms with E-state index in [4.69, 9.17) is 5.73 Å². The van der Waals surface area contributed by atoms with Crippen molar-refractivity contribution < 1.29 is 13.2 Å². The van der Waals surface area contributed by atoms with Crippen LogP contribution in [0.25, 0.3) is 11.1 Å². The first-order valence-electron chi connectivity index (χ1n) is 11.2. The van der Waals surface area contributed by atoms with Crippen LogP contribution in [-0.2, 0) is 6.18 Å². The lowest BCUT2D eigenvalue weighted by atomic mass is 10.0. The summed E-state index contributed by atoms with van der Waals surface area (Å²) in [6, 6.07) is 15.4. The number of alkyl halides is 3. The first-order valence-corrected chi connectivity index (χ1v) is 11.2. The highest BCUT2D eigenvalue weighted by Gasteiger charge is 2.32. The van der Waals surface area contributed by atoms with Crippen LogP contribution in [0.4, 0.5) is 24.8 Å². The Hall–Kier alpha value is -3.17. The maximum atomic E-state index is 13.0. The van der Waals surface area contributed by atoms with E-state index in [9.17, 15) is 13.2 Å². The van der Waals surface area contributed by atoms with Crippen molar-refractivity contribution >= 4 is 11.6 Å². The van der Waals surface area contributed by atoms with Crippen LogP contribution in [0, 0.1) is 0 Å². The minimum absolute atomic E-state index is 0.0107. The predicted octanol–water partition coefficient (Wildman–Crippen LogP) is 4.17. The summed E-state index contributed by atoms with van der Waals surface area (Å²) in [4.78, 5) is 15.3. The molecule has 1 fully saturated rings. The number of nitrogen functional groups attached to an aromatic ring is 1. The summed E-state index contributed by atoms with van der Waals surface area (Å²) in [6.07, 6.45) is -2.85. The molecule has 6 nitrogen and oxygen atoms in total. The lowest BCUT2D eigenvalue weighted by Gasteiger charge is -2.41. The van der Waals surface area contributed by atoms with Gasteiger partial charge >= 0.3 is 6.18 Å². The molecule has 1 saturated heterocycles. The van der Waals surface area contributed by atoms with E-state index >= 15 is 0 Å². The second-order valence-electron chi connectivity index (χ2n) is 8.74. The Labute approximate surface area is 197 Å². The molecule has 1 aliphatic rings. The van der Waals surface area contributed by atoms with Gasteiger partial charge in [0.2, 0.25) is 0 Å². The Bertz CT molecular complexity index is 1080. The lowest BCUT2D eigenvalue weighted by Crippen LogP contribution is -2.49. The van der Waals surface area contributed by atoms with E-state index in [0.717, 1.165) is 48.7 Å². The van der Waals surface area contributed by atoms with Gasteiger partial charge in [-0.1, -0.05) is 42.5 Å². The molecule has 0 radical (unpaired) electrons. The molecular weight excluding hydrogens is 441 g/mol. The number of aromatic nitrogens is 2. The zero-order valence-electron chi connectivity index (χ0n) is 19.3. The van der Waals surface area contributed by atoms with Gasteiger partial charge in [-0.15, -0.1) is 0 Å². The maximum absolute atomic E-state index is 13.0. The van der Waals surface area contributed by atoms with E-state index in [1.54, 1.807) is 12.1 Å². The van der Waals surface area contributed by atoms with Gasteiger partial charge in [0.25, 0.3) is 0 Å². The van der Waals surface area contributed by atoms with E-state index in [2.05, 4.69) is 24.7 Å². The normalized spacial score (nSPS) is 16.1. The fourth-order valence-electron chi connectivity index (χ4n) is 4.43. The summed E-state index contributed by atoms with van der Waals surface area (Å²) in [5.41, 5.74) is 8.28. The van der Waals surface area contributed by atoms with Crippen molar-refractivity contribution in [1.82, 2.24) is 19.8 Å². The summed E-state index contributed by atoms with van der Waals surface area (Å²) in [5.74, 6) is 1.24. The number of hydrogen-bond acceptors (Lipinski definition) is 6. The molecule has 3 aromatic rings. The average molecular weight is 471 g/mol. The first kappa shape index (κ1) is 24.0. The molecule has 1 aliphatic heterocycles. The van der Waals surface area contributed by atoms with Crippen LogP contribution in [0.2, 0.25) is 0 Å². The lowest BCUT2D eigenvalue weighted by molar-refractivity contribution is -0.137. The fourth-order valence-corrected chi connectivity index (χ4v) is 4.43. The highest BCUT2D eigenvalue weighted by molar-refractivity contribution is 5.84. The zero-order valence-corrected chi connectivity index (χ0v) is 19.3. The number of anilines is 2. The Morgan fingerprint density at radius 3 is 2.18 bits per heavy atom. The molecule has 9 heteroatoms. The summed E-state index contributed by atoms with van der Waals surface area (Å²) in [5, 5.41) is 0. The number of likely N-dealkylation sites (N-methyl/N-ethyl adjacent to an activating group) is 1. The van der Waals surface area contributed by atoms with Gasteiger partial charge < -0.3 is 15.5 Å². The van der Waals surface area contributed by atoms with Crippen molar-refractivity contribution in [3.8, 4) is 11.1 Å². The molecular formula is C25H29F3N6. The number of benzene rings is 2. The minimum Gasteiger partial charge on any atom is -0.383 e. The molecule has 0 bridgehead atoms. The third-order valence-corrected chi connectivity index (χ3v) is 6.13. The highest BCUT2D eigenvalue weighted by atomic mass is 19.4. The molecule has 0 amide bonds. The second kappa shape index (κ2) is 9.99. The van der Waals surface area contributed by atoms with Crippen molar-refractivity contribution in [3.63, 3.8) is 0 Å². The Morgan fingerprint density at radius 2 is 1.59 bits per heavy atom. The number of nitrogens with zero attached hydrogens (tertiary/aromatic N) is 5. The molecule has 4 rings (SSSR count). The SMILES string of the molecule is CN(C)CC(c1ccc(C(F)(F)F)cc1)N1CCN(c2ncnc(N)c2-c2ccccc2)CC1. The standard InChI is InChI=1S/C25H29F3N6/c1-32(2)16-21(18-8-10-20(11-9-18)25(26,27)28)33-12-14-34(15-13-33)24-22(23(29)30-17-31-24)19-6-4-3-5-7-19/h3-11,17,21H,12-16H2,1-2H3,(H2,29,30,31). The first-order chi connectivity index (χ1) is 16.2. The number of halogens is 3. The van der Waals surface area contributed by atoms with Crippen LogP contribution in [0.1, 0.15) is 17.2 Å². The molecule has 2 N–H and O–H groups in total. The van der Waals surface area contributed by atoms with E-state index in [1.165, 1.54) is 18.5 Å². The third kappa shape index (κ3) is 5.31. The van der Waals surface area contributed by atoms with Crippen LogP contribution >= 0.6 is 0 Å². The van der Waals surface area contributed by atoms with Gasteiger partial charge in [-0.05, 0) is 37.4 Å². The van der Waals surface area contributed by atoms with Crippen LogP contribution in [-0.4, -0.2) is 66.6 Å². The van der Waals surface area contributed by atoms with Crippen LogP contribution in [0.15, 0.2) is 60.9 Å². The van der Waals surface area contributed by atoms with Crippen molar-refractivity contribution in [2.75, 3.05) is 57.5 Å². The quantitative estimate of drug-likeness (QED) is 0.584. The van der Waals surface area contributed by atoms with Gasteiger partial charge in [0.1, 0.15) is 18.0 Å². The van der Waals surface area contributed by atoms with E-state index in [1.807, 2.05) is 44.4 Å². The minimum atomic E-state index is -4.34. The predicted molar refractivity (Wildman–Crippen MR) is 128 cm³/mol. The maximum Gasteiger partial charge on any atom is 0.416 e. The van der Waals surface area contributed by atoms with Crippen LogP contribution in [0.3, 0.4) is 0 Å². The molecule has 2 aromatic carbocycles. The summed E-state index contributed by atoms with van der Waals surface area (Å²) in [7, 11) is 3.95. The van der Waals surface area contributed by atoms with Gasteiger partial charge in [-0.2, -0.15) is 13.2 Å². The monoisotopic (exact) mass is 470 g/mol. The highest BCUT2D eigenvalue weighted by Crippen LogP contribution is 2.35. The number of hydrogen-bond donors (Lipinski definition) is 1. The largest absolute Gasteiger partial charge is 0.416 e. The second-order valence-corrected chi connectivity index (χ2v) is 8.74. The smallest absolute Gasteiger partial charge is 0.383 e. The summed E-state index contributed by atoms with van der Waals surface area (Å²) < 4.78 is 39.1. The molecule has 1 atom stereocenters. The number of nitrogens with two attached hydrogens (primary N) is 1. The van der Waals surface area contributed by atoms with Gasteiger partial charge in [-0.25, -0.2) is 9.97 Å². The number of piperazine rings is 1. The molecule has 1 unspecified atom stereocenters. The van der Waals surface area contributed by atoms with E-state index in [-0.39, 0.29) is 6.04 Å². The Balaban J connectivity index is 1.54. The van der Waals surface area contributed by atoms with Gasteiger partial charge in [0.15, 0.2) is 0 Å². The third-order valence-electron chi connectivity index (χ3n) is 6.13.